The van der Waals surface area contributed by atoms with E-state index in [4.69, 9.17) is 11.6 Å². The van der Waals surface area contributed by atoms with Crippen molar-refractivity contribution < 1.29 is 8.78 Å². The molecule has 0 aliphatic carbocycles. The van der Waals surface area contributed by atoms with E-state index in [0.29, 0.717) is 12.0 Å². The second kappa shape index (κ2) is 4.56. The second-order valence-electron chi connectivity index (χ2n) is 3.10. The van der Waals surface area contributed by atoms with Gasteiger partial charge in [-0.05, 0) is 37.5 Å². The Labute approximate surface area is 81.5 Å². The van der Waals surface area contributed by atoms with E-state index in [-0.39, 0.29) is 5.38 Å². The molecule has 0 amide bonds. The predicted octanol–water partition coefficient (Wildman–Crippen LogP) is 3.52. The zero-order valence-electron chi connectivity index (χ0n) is 7.36. The standard InChI is InChI=1S/C10H11ClF2/c1-7(11)2-3-8-4-9(12)6-10(13)5-8/h4-7H,2-3H2,1H3. The largest absolute Gasteiger partial charge is 0.207 e. The summed E-state index contributed by atoms with van der Waals surface area (Å²) in [7, 11) is 0. The van der Waals surface area contributed by atoms with Crippen LogP contribution >= 0.6 is 11.6 Å². The molecule has 1 unspecified atom stereocenters. The van der Waals surface area contributed by atoms with Crippen LogP contribution in [-0.4, -0.2) is 5.38 Å². The Morgan fingerprint density at radius 2 is 1.77 bits per heavy atom. The van der Waals surface area contributed by atoms with Gasteiger partial charge in [-0.25, -0.2) is 8.78 Å². The molecule has 1 atom stereocenters. The van der Waals surface area contributed by atoms with Gasteiger partial charge < -0.3 is 0 Å². The lowest BCUT2D eigenvalue weighted by atomic mass is 10.1. The van der Waals surface area contributed by atoms with Gasteiger partial charge in [0.25, 0.3) is 0 Å². The fourth-order valence-corrected chi connectivity index (χ4v) is 1.23. The van der Waals surface area contributed by atoms with Gasteiger partial charge >= 0.3 is 0 Å². The topological polar surface area (TPSA) is 0 Å². The summed E-state index contributed by atoms with van der Waals surface area (Å²) in [6.45, 7) is 1.86. The average molecular weight is 205 g/mol. The van der Waals surface area contributed by atoms with Crippen LogP contribution in [0.5, 0.6) is 0 Å². The summed E-state index contributed by atoms with van der Waals surface area (Å²) in [6, 6.07) is 3.54. The van der Waals surface area contributed by atoms with Gasteiger partial charge in [-0.15, -0.1) is 11.6 Å². The first-order valence-corrected chi connectivity index (χ1v) is 4.60. The first kappa shape index (κ1) is 10.5. The van der Waals surface area contributed by atoms with Gasteiger partial charge in [-0.2, -0.15) is 0 Å². The third-order valence-electron chi connectivity index (χ3n) is 1.75. The molecule has 1 rings (SSSR count). The lowest BCUT2D eigenvalue weighted by Crippen LogP contribution is -1.96. The van der Waals surface area contributed by atoms with E-state index in [1.165, 1.54) is 12.1 Å². The lowest BCUT2D eigenvalue weighted by Gasteiger charge is -2.03. The fraction of sp³-hybridized carbons (Fsp3) is 0.400. The van der Waals surface area contributed by atoms with Gasteiger partial charge in [0.05, 0.1) is 0 Å². The number of aryl methyl sites for hydroxylation is 1. The number of halogens is 3. The van der Waals surface area contributed by atoms with Crippen LogP contribution in [0.2, 0.25) is 0 Å². The fourth-order valence-electron chi connectivity index (χ4n) is 1.12. The first-order chi connectivity index (χ1) is 6.08. The van der Waals surface area contributed by atoms with Crippen LogP contribution in [0.3, 0.4) is 0 Å². The Morgan fingerprint density at radius 3 is 2.23 bits per heavy atom. The van der Waals surface area contributed by atoms with Crippen LogP contribution in [-0.2, 0) is 6.42 Å². The van der Waals surface area contributed by atoms with Crippen LogP contribution in [0.25, 0.3) is 0 Å². The maximum Gasteiger partial charge on any atom is 0.126 e. The minimum atomic E-state index is -0.530. The number of alkyl halides is 1. The number of benzene rings is 1. The van der Waals surface area contributed by atoms with Gasteiger partial charge in [0.1, 0.15) is 11.6 Å². The Kier molecular flexibility index (Phi) is 3.67. The molecule has 72 valence electrons. The van der Waals surface area contributed by atoms with Crippen LogP contribution in [0.1, 0.15) is 18.9 Å². The summed E-state index contributed by atoms with van der Waals surface area (Å²) in [5, 5.41) is 0.0336. The highest BCUT2D eigenvalue weighted by atomic mass is 35.5. The van der Waals surface area contributed by atoms with Crippen molar-refractivity contribution in [1.82, 2.24) is 0 Å². The summed E-state index contributed by atoms with van der Waals surface area (Å²) in [5.74, 6) is -1.06. The van der Waals surface area contributed by atoms with Crippen LogP contribution in [0.4, 0.5) is 8.78 Å². The van der Waals surface area contributed by atoms with Crippen molar-refractivity contribution in [3.63, 3.8) is 0 Å². The van der Waals surface area contributed by atoms with E-state index in [2.05, 4.69) is 0 Å². The highest BCUT2D eigenvalue weighted by Gasteiger charge is 2.02. The van der Waals surface area contributed by atoms with E-state index < -0.39 is 11.6 Å². The van der Waals surface area contributed by atoms with Crippen LogP contribution in [0.15, 0.2) is 18.2 Å². The van der Waals surface area contributed by atoms with E-state index in [9.17, 15) is 8.78 Å². The highest BCUT2D eigenvalue weighted by Crippen LogP contribution is 2.12. The predicted molar refractivity (Wildman–Crippen MR) is 50.0 cm³/mol. The maximum absolute atomic E-state index is 12.7. The molecule has 0 saturated heterocycles. The SMILES string of the molecule is CC(Cl)CCc1cc(F)cc(F)c1. The molecule has 3 heteroatoms. The first-order valence-electron chi connectivity index (χ1n) is 4.17. The third-order valence-corrected chi connectivity index (χ3v) is 1.97. The Hall–Kier alpha value is -0.630. The molecule has 1 aromatic carbocycles. The third kappa shape index (κ3) is 3.73. The van der Waals surface area contributed by atoms with Crippen LogP contribution in [0, 0.1) is 11.6 Å². The molecular formula is C10H11ClF2. The average Bonchev–Trinajstić information content (AvgIpc) is 1.99. The summed E-state index contributed by atoms with van der Waals surface area (Å²) < 4.78 is 25.4. The molecule has 0 fully saturated rings. The van der Waals surface area contributed by atoms with Gasteiger partial charge in [0, 0.05) is 11.4 Å². The normalized spacial score (nSPS) is 12.9. The van der Waals surface area contributed by atoms with E-state index in [0.717, 1.165) is 12.5 Å². The smallest absolute Gasteiger partial charge is 0.126 e. The van der Waals surface area contributed by atoms with Crippen molar-refractivity contribution in [3.05, 3.63) is 35.4 Å². The highest BCUT2D eigenvalue weighted by molar-refractivity contribution is 6.20. The summed E-state index contributed by atoms with van der Waals surface area (Å²) >= 11 is 5.72. The van der Waals surface area contributed by atoms with Crippen molar-refractivity contribution >= 4 is 11.6 Å². The number of hydrogen-bond donors (Lipinski definition) is 0. The molecule has 0 bridgehead atoms. The summed E-state index contributed by atoms with van der Waals surface area (Å²) in [6.07, 6.45) is 1.34. The van der Waals surface area contributed by atoms with E-state index in [1.54, 1.807) is 0 Å². The van der Waals surface area contributed by atoms with E-state index >= 15 is 0 Å². The number of rotatable bonds is 3. The number of hydrogen-bond acceptors (Lipinski definition) is 0. The molecule has 13 heavy (non-hydrogen) atoms. The Morgan fingerprint density at radius 1 is 1.23 bits per heavy atom. The zero-order chi connectivity index (χ0) is 9.84. The zero-order valence-corrected chi connectivity index (χ0v) is 8.11. The van der Waals surface area contributed by atoms with Crippen molar-refractivity contribution in [1.29, 1.82) is 0 Å². The molecule has 0 N–H and O–H groups in total. The quantitative estimate of drug-likeness (QED) is 0.661. The van der Waals surface area contributed by atoms with Gasteiger partial charge in [0.15, 0.2) is 0 Å². The van der Waals surface area contributed by atoms with Crippen molar-refractivity contribution in [3.8, 4) is 0 Å². The molecular weight excluding hydrogens is 194 g/mol. The minimum absolute atomic E-state index is 0.0336. The van der Waals surface area contributed by atoms with E-state index in [1.807, 2.05) is 6.92 Å². The molecule has 0 spiro atoms. The Balaban J connectivity index is 2.66. The van der Waals surface area contributed by atoms with Gasteiger partial charge in [0.2, 0.25) is 0 Å². The molecule has 0 aliphatic rings. The summed E-state index contributed by atoms with van der Waals surface area (Å²) in [4.78, 5) is 0. The van der Waals surface area contributed by atoms with Crippen molar-refractivity contribution in [2.75, 3.05) is 0 Å². The van der Waals surface area contributed by atoms with Crippen molar-refractivity contribution in [2.24, 2.45) is 0 Å². The molecule has 0 radical (unpaired) electrons. The summed E-state index contributed by atoms with van der Waals surface area (Å²) in [5.41, 5.74) is 0.657. The van der Waals surface area contributed by atoms with Gasteiger partial charge in [-0.3, -0.25) is 0 Å². The molecule has 1 aromatic rings. The van der Waals surface area contributed by atoms with Gasteiger partial charge in [-0.1, -0.05) is 0 Å². The molecule has 0 aliphatic heterocycles. The minimum Gasteiger partial charge on any atom is -0.207 e. The van der Waals surface area contributed by atoms with Crippen molar-refractivity contribution in [2.45, 2.75) is 25.1 Å². The van der Waals surface area contributed by atoms with Crippen LogP contribution < -0.4 is 0 Å². The molecule has 0 heterocycles. The lowest BCUT2D eigenvalue weighted by molar-refractivity contribution is 0.578. The monoisotopic (exact) mass is 204 g/mol. The Bertz CT molecular complexity index is 264. The molecule has 0 nitrogen and oxygen atoms in total. The molecule has 0 saturated carbocycles. The molecule has 0 aromatic heterocycles. The second-order valence-corrected chi connectivity index (χ2v) is 3.84. The maximum atomic E-state index is 12.7.